The first-order valence-electron chi connectivity index (χ1n) is 3.98. The van der Waals surface area contributed by atoms with E-state index in [-0.39, 0.29) is 24.6 Å². The molecule has 1 unspecified atom stereocenters. The Balaban J connectivity index is 0.00000196. The van der Waals surface area contributed by atoms with Gasteiger partial charge in [0.1, 0.15) is 0 Å². The smallest absolute Gasteiger partial charge is 0.394 e. The van der Waals surface area contributed by atoms with Crippen molar-refractivity contribution in [1.29, 1.82) is 0 Å². The van der Waals surface area contributed by atoms with Crippen LogP contribution >= 0.6 is 12.4 Å². The highest BCUT2D eigenvalue weighted by atomic mass is 35.5. The molecule has 0 saturated carbocycles. The SMILES string of the molecule is Cl.NC(CO)c1cccc(C(F)(F)F)c1. The van der Waals surface area contributed by atoms with Gasteiger partial charge in [-0.25, -0.2) is 0 Å². The third-order valence-corrected chi connectivity index (χ3v) is 1.84. The Morgan fingerprint density at radius 2 is 1.93 bits per heavy atom. The van der Waals surface area contributed by atoms with Gasteiger partial charge in [0.15, 0.2) is 0 Å². The predicted octanol–water partition coefficient (Wildman–Crippen LogP) is 2.12. The van der Waals surface area contributed by atoms with Gasteiger partial charge in [0.25, 0.3) is 0 Å². The van der Waals surface area contributed by atoms with E-state index in [2.05, 4.69) is 0 Å². The number of hydrogen-bond donors (Lipinski definition) is 2. The molecule has 0 aromatic heterocycles. The summed E-state index contributed by atoms with van der Waals surface area (Å²) in [5.41, 5.74) is 4.92. The van der Waals surface area contributed by atoms with Crippen molar-refractivity contribution < 1.29 is 18.3 Å². The van der Waals surface area contributed by atoms with Gasteiger partial charge in [-0.2, -0.15) is 13.2 Å². The van der Waals surface area contributed by atoms with Crippen molar-refractivity contribution in [3.8, 4) is 0 Å². The largest absolute Gasteiger partial charge is 0.416 e. The number of benzene rings is 1. The number of aliphatic hydroxyl groups is 1. The van der Waals surface area contributed by atoms with E-state index in [1.165, 1.54) is 12.1 Å². The monoisotopic (exact) mass is 241 g/mol. The van der Waals surface area contributed by atoms with Crippen LogP contribution in [-0.4, -0.2) is 11.7 Å². The second-order valence-corrected chi connectivity index (χ2v) is 2.91. The molecule has 6 heteroatoms. The maximum Gasteiger partial charge on any atom is 0.416 e. The summed E-state index contributed by atoms with van der Waals surface area (Å²) in [6, 6.07) is 3.87. The lowest BCUT2D eigenvalue weighted by Gasteiger charge is -2.11. The number of halogens is 4. The summed E-state index contributed by atoms with van der Waals surface area (Å²) in [5.74, 6) is 0. The van der Waals surface area contributed by atoms with Crippen LogP contribution < -0.4 is 5.73 Å². The van der Waals surface area contributed by atoms with Gasteiger partial charge >= 0.3 is 6.18 Å². The Morgan fingerprint density at radius 3 is 2.40 bits per heavy atom. The van der Waals surface area contributed by atoms with Gasteiger partial charge in [-0.05, 0) is 17.7 Å². The van der Waals surface area contributed by atoms with Crippen LogP contribution in [0, 0.1) is 0 Å². The van der Waals surface area contributed by atoms with Crippen molar-refractivity contribution in [2.45, 2.75) is 12.2 Å². The minimum Gasteiger partial charge on any atom is -0.394 e. The van der Waals surface area contributed by atoms with Crippen molar-refractivity contribution in [2.24, 2.45) is 5.73 Å². The van der Waals surface area contributed by atoms with Crippen molar-refractivity contribution >= 4 is 12.4 Å². The van der Waals surface area contributed by atoms with Crippen LogP contribution in [-0.2, 0) is 6.18 Å². The molecule has 1 rings (SSSR count). The van der Waals surface area contributed by atoms with E-state index < -0.39 is 17.8 Å². The summed E-state index contributed by atoms with van der Waals surface area (Å²) in [6.45, 7) is -0.374. The van der Waals surface area contributed by atoms with Crippen LogP contribution in [0.5, 0.6) is 0 Å². The first-order chi connectivity index (χ1) is 6.45. The fraction of sp³-hybridized carbons (Fsp3) is 0.333. The van der Waals surface area contributed by atoms with Gasteiger partial charge in [0, 0.05) is 0 Å². The molecule has 0 aliphatic heterocycles. The van der Waals surface area contributed by atoms with Gasteiger partial charge in [-0.3, -0.25) is 0 Å². The van der Waals surface area contributed by atoms with Crippen LogP contribution in [0.4, 0.5) is 13.2 Å². The highest BCUT2D eigenvalue weighted by Gasteiger charge is 2.30. The molecule has 0 spiro atoms. The Hall–Kier alpha value is -0.780. The van der Waals surface area contributed by atoms with Crippen molar-refractivity contribution in [2.75, 3.05) is 6.61 Å². The first-order valence-corrected chi connectivity index (χ1v) is 3.98. The summed E-state index contributed by atoms with van der Waals surface area (Å²) >= 11 is 0. The quantitative estimate of drug-likeness (QED) is 0.833. The molecule has 0 radical (unpaired) electrons. The van der Waals surface area contributed by atoms with E-state index in [1.54, 1.807) is 0 Å². The summed E-state index contributed by atoms with van der Waals surface area (Å²) in [7, 11) is 0. The molecule has 3 N–H and O–H groups in total. The minimum atomic E-state index is -4.37. The first kappa shape index (κ1) is 14.2. The van der Waals surface area contributed by atoms with Gasteiger partial charge in [0.05, 0.1) is 18.2 Å². The van der Waals surface area contributed by atoms with Crippen molar-refractivity contribution in [1.82, 2.24) is 0 Å². The maximum atomic E-state index is 12.2. The molecule has 2 nitrogen and oxygen atoms in total. The van der Waals surface area contributed by atoms with Crippen LogP contribution in [0.2, 0.25) is 0 Å². The third-order valence-electron chi connectivity index (χ3n) is 1.84. The van der Waals surface area contributed by atoms with Gasteiger partial charge in [-0.15, -0.1) is 12.4 Å². The summed E-state index contributed by atoms with van der Waals surface area (Å²) in [4.78, 5) is 0. The molecular formula is C9H11ClF3NO. The Labute approximate surface area is 91.3 Å². The summed E-state index contributed by atoms with van der Waals surface area (Å²) < 4.78 is 36.7. The standard InChI is InChI=1S/C9H10F3NO.ClH/c10-9(11,12)7-3-1-2-6(4-7)8(13)5-14;/h1-4,8,14H,5,13H2;1H. The zero-order valence-electron chi connectivity index (χ0n) is 7.66. The average molecular weight is 242 g/mol. The maximum absolute atomic E-state index is 12.2. The fourth-order valence-electron chi connectivity index (χ4n) is 1.05. The van der Waals surface area contributed by atoms with E-state index in [1.807, 2.05) is 0 Å². The van der Waals surface area contributed by atoms with Crippen LogP contribution in [0.15, 0.2) is 24.3 Å². The molecule has 1 atom stereocenters. The number of nitrogens with two attached hydrogens (primary N) is 1. The highest BCUT2D eigenvalue weighted by molar-refractivity contribution is 5.85. The van der Waals surface area contributed by atoms with Crippen LogP contribution in [0.1, 0.15) is 17.2 Å². The molecule has 1 aromatic carbocycles. The molecule has 0 fully saturated rings. The van der Waals surface area contributed by atoms with Crippen molar-refractivity contribution in [3.63, 3.8) is 0 Å². The molecule has 86 valence electrons. The molecule has 0 bridgehead atoms. The Bertz CT molecular complexity index is 316. The number of hydrogen-bond acceptors (Lipinski definition) is 2. The highest BCUT2D eigenvalue weighted by Crippen LogP contribution is 2.30. The zero-order chi connectivity index (χ0) is 10.8. The van der Waals surface area contributed by atoms with E-state index in [4.69, 9.17) is 10.8 Å². The summed E-state index contributed by atoms with van der Waals surface area (Å²) in [6.07, 6.45) is -4.37. The molecule has 0 aliphatic carbocycles. The molecule has 0 aliphatic rings. The zero-order valence-corrected chi connectivity index (χ0v) is 8.48. The second-order valence-electron chi connectivity index (χ2n) is 2.91. The van der Waals surface area contributed by atoms with E-state index >= 15 is 0 Å². The average Bonchev–Trinajstić information content (AvgIpc) is 2.15. The lowest BCUT2D eigenvalue weighted by Crippen LogP contribution is -2.15. The second kappa shape index (κ2) is 5.34. The fourth-order valence-corrected chi connectivity index (χ4v) is 1.05. The normalized spacial score (nSPS) is 13.1. The molecule has 0 saturated heterocycles. The molecule has 0 heterocycles. The predicted molar refractivity (Wildman–Crippen MR) is 52.7 cm³/mol. The lowest BCUT2D eigenvalue weighted by atomic mass is 10.1. The van der Waals surface area contributed by atoms with E-state index in [0.717, 1.165) is 12.1 Å². The Kier molecular flexibility index (Phi) is 5.07. The number of alkyl halides is 3. The molecule has 1 aromatic rings. The van der Waals surface area contributed by atoms with Gasteiger partial charge < -0.3 is 10.8 Å². The molecule has 15 heavy (non-hydrogen) atoms. The van der Waals surface area contributed by atoms with E-state index in [0.29, 0.717) is 0 Å². The van der Waals surface area contributed by atoms with Crippen LogP contribution in [0.25, 0.3) is 0 Å². The van der Waals surface area contributed by atoms with E-state index in [9.17, 15) is 13.2 Å². The third kappa shape index (κ3) is 3.70. The number of rotatable bonds is 2. The van der Waals surface area contributed by atoms with Crippen molar-refractivity contribution in [3.05, 3.63) is 35.4 Å². The minimum absolute atomic E-state index is 0. The topological polar surface area (TPSA) is 46.2 Å². The Morgan fingerprint density at radius 1 is 1.33 bits per heavy atom. The summed E-state index contributed by atoms with van der Waals surface area (Å²) in [5, 5.41) is 8.68. The van der Waals surface area contributed by atoms with Crippen LogP contribution in [0.3, 0.4) is 0 Å². The van der Waals surface area contributed by atoms with Gasteiger partial charge in [0.2, 0.25) is 0 Å². The van der Waals surface area contributed by atoms with Gasteiger partial charge in [-0.1, -0.05) is 12.1 Å². The lowest BCUT2D eigenvalue weighted by molar-refractivity contribution is -0.137. The molecular weight excluding hydrogens is 231 g/mol. The molecule has 0 amide bonds. The number of aliphatic hydroxyl groups excluding tert-OH is 1.